The van der Waals surface area contributed by atoms with E-state index in [-0.39, 0.29) is 6.54 Å². The Hall–Kier alpha value is -2.06. The average Bonchev–Trinajstić information content (AvgIpc) is 2.31. The molecule has 1 N–H and O–H groups in total. The number of carbonyl (C=O) groups excluding carboxylic acids is 2. The molecule has 17 heavy (non-hydrogen) atoms. The summed E-state index contributed by atoms with van der Waals surface area (Å²) in [5.74, 6) is -1.44. The van der Waals surface area contributed by atoms with Gasteiger partial charge in [0.1, 0.15) is 5.92 Å². The molecule has 1 aromatic rings. The Bertz CT molecular complexity index is 524. The van der Waals surface area contributed by atoms with Gasteiger partial charge in [-0.25, -0.2) is 4.79 Å². The summed E-state index contributed by atoms with van der Waals surface area (Å²) >= 11 is 5.96. The third kappa shape index (κ3) is 2.08. The summed E-state index contributed by atoms with van der Waals surface area (Å²) in [7, 11) is 0. The Morgan fingerprint density at radius 1 is 1.41 bits per heavy atom. The molecule has 1 fully saturated rings. The maximum Gasteiger partial charge on any atom is 0.328 e. The van der Waals surface area contributed by atoms with Crippen LogP contribution in [0.1, 0.15) is 0 Å². The van der Waals surface area contributed by atoms with Crippen LogP contribution >= 0.6 is 11.6 Å². The van der Waals surface area contributed by atoms with Gasteiger partial charge in [0.15, 0.2) is 0 Å². The van der Waals surface area contributed by atoms with E-state index >= 15 is 0 Å². The molecule has 86 valence electrons. The second-order valence-electron chi connectivity index (χ2n) is 3.54. The molecule has 1 unspecified atom stereocenters. The molecule has 2 rings (SSSR count). The first kappa shape index (κ1) is 11.4. The summed E-state index contributed by atoms with van der Waals surface area (Å²) in [5, 5.41) is 11.3. The summed E-state index contributed by atoms with van der Waals surface area (Å²) in [5.41, 5.74) is 0.486. The molecular formula is C11H8ClN3O2. The van der Waals surface area contributed by atoms with Crippen LogP contribution in [0.5, 0.6) is 0 Å². The van der Waals surface area contributed by atoms with Crippen LogP contribution in [-0.2, 0) is 4.79 Å². The molecule has 0 radical (unpaired) electrons. The number of imide groups is 1. The standard InChI is InChI=1S/C11H8ClN3O2/c12-8-3-1-2-4-9(8)15-6-7(5-13)10(16)14-11(15)17/h1-4,7H,6H2,(H,14,16,17). The maximum atomic E-state index is 11.6. The van der Waals surface area contributed by atoms with Gasteiger partial charge in [0.25, 0.3) is 0 Å². The van der Waals surface area contributed by atoms with E-state index in [0.29, 0.717) is 10.7 Å². The quantitative estimate of drug-likeness (QED) is 0.820. The predicted molar refractivity (Wildman–Crippen MR) is 61.4 cm³/mol. The highest BCUT2D eigenvalue weighted by molar-refractivity contribution is 6.34. The van der Waals surface area contributed by atoms with Crippen molar-refractivity contribution in [2.24, 2.45) is 5.92 Å². The number of halogens is 1. The van der Waals surface area contributed by atoms with Crippen molar-refractivity contribution >= 4 is 29.2 Å². The number of nitrogens with zero attached hydrogens (tertiary/aromatic N) is 2. The predicted octanol–water partition coefficient (Wildman–Crippen LogP) is 1.54. The van der Waals surface area contributed by atoms with Crippen LogP contribution in [0.25, 0.3) is 0 Å². The minimum Gasteiger partial charge on any atom is -0.291 e. The van der Waals surface area contributed by atoms with Crippen LogP contribution in [0.2, 0.25) is 5.02 Å². The molecule has 0 saturated carbocycles. The van der Waals surface area contributed by atoms with E-state index in [0.717, 1.165) is 0 Å². The van der Waals surface area contributed by atoms with Gasteiger partial charge in [-0.2, -0.15) is 5.26 Å². The van der Waals surface area contributed by atoms with Gasteiger partial charge >= 0.3 is 6.03 Å². The monoisotopic (exact) mass is 249 g/mol. The van der Waals surface area contributed by atoms with Gasteiger partial charge in [0.05, 0.1) is 23.3 Å². The maximum absolute atomic E-state index is 11.6. The second-order valence-corrected chi connectivity index (χ2v) is 3.95. The van der Waals surface area contributed by atoms with Crippen molar-refractivity contribution in [3.8, 4) is 6.07 Å². The molecule has 5 nitrogen and oxygen atoms in total. The van der Waals surface area contributed by atoms with Crippen molar-refractivity contribution in [2.45, 2.75) is 0 Å². The fourth-order valence-corrected chi connectivity index (χ4v) is 1.82. The number of hydrogen-bond donors (Lipinski definition) is 1. The Morgan fingerprint density at radius 3 is 2.76 bits per heavy atom. The molecule has 1 aliphatic rings. The van der Waals surface area contributed by atoms with Crippen molar-refractivity contribution in [2.75, 3.05) is 11.4 Å². The lowest BCUT2D eigenvalue weighted by atomic mass is 10.1. The molecule has 3 amide bonds. The van der Waals surface area contributed by atoms with E-state index in [1.165, 1.54) is 4.90 Å². The number of rotatable bonds is 1. The summed E-state index contributed by atoms with van der Waals surface area (Å²) in [4.78, 5) is 24.2. The Morgan fingerprint density at radius 2 is 2.12 bits per heavy atom. The normalized spacial score (nSPS) is 19.8. The van der Waals surface area contributed by atoms with E-state index in [2.05, 4.69) is 5.32 Å². The molecule has 0 aliphatic carbocycles. The highest BCUT2D eigenvalue weighted by Crippen LogP contribution is 2.27. The summed E-state index contributed by atoms with van der Waals surface area (Å²) in [6, 6.07) is 8.05. The number of amides is 3. The lowest BCUT2D eigenvalue weighted by Crippen LogP contribution is -2.54. The van der Waals surface area contributed by atoms with Crippen molar-refractivity contribution in [3.63, 3.8) is 0 Å². The molecule has 6 heteroatoms. The fourth-order valence-electron chi connectivity index (χ4n) is 1.59. The van der Waals surface area contributed by atoms with E-state index < -0.39 is 17.9 Å². The number of nitrogens with one attached hydrogen (secondary N) is 1. The lowest BCUT2D eigenvalue weighted by Gasteiger charge is -2.29. The number of hydrogen-bond acceptors (Lipinski definition) is 3. The van der Waals surface area contributed by atoms with Gasteiger partial charge in [0, 0.05) is 0 Å². The van der Waals surface area contributed by atoms with E-state index in [1.54, 1.807) is 24.3 Å². The van der Waals surface area contributed by atoms with Crippen LogP contribution < -0.4 is 10.2 Å². The number of nitriles is 1. The minimum absolute atomic E-state index is 0.0187. The van der Waals surface area contributed by atoms with Crippen LogP contribution in [0, 0.1) is 17.2 Å². The van der Waals surface area contributed by atoms with Gasteiger partial charge in [-0.15, -0.1) is 0 Å². The Labute approximate surface area is 103 Å². The van der Waals surface area contributed by atoms with Crippen LogP contribution in [0.4, 0.5) is 10.5 Å². The second kappa shape index (κ2) is 4.44. The van der Waals surface area contributed by atoms with Crippen molar-refractivity contribution in [1.82, 2.24) is 5.32 Å². The number of benzene rings is 1. The van der Waals surface area contributed by atoms with Crippen LogP contribution in [0.15, 0.2) is 24.3 Å². The summed E-state index contributed by atoms with van der Waals surface area (Å²) < 4.78 is 0. The van der Waals surface area contributed by atoms with Crippen molar-refractivity contribution < 1.29 is 9.59 Å². The molecule has 1 heterocycles. The van der Waals surface area contributed by atoms with Crippen molar-refractivity contribution in [1.29, 1.82) is 5.26 Å². The Balaban J connectivity index is 2.33. The minimum atomic E-state index is -0.871. The summed E-state index contributed by atoms with van der Waals surface area (Å²) in [6.07, 6.45) is 0. The third-order valence-corrected chi connectivity index (χ3v) is 2.78. The highest BCUT2D eigenvalue weighted by Gasteiger charge is 2.33. The lowest BCUT2D eigenvalue weighted by molar-refractivity contribution is -0.122. The van der Waals surface area contributed by atoms with Gasteiger partial charge in [-0.05, 0) is 12.1 Å². The SMILES string of the molecule is N#CC1CN(c2ccccc2Cl)C(=O)NC1=O. The zero-order chi connectivity index (χ0) is 12.4. The molecule has 1 atom stereocenters. The zero-order valence-corrected chi connectivity index (χ0v) is 9.44. The number of urea groups is 1. The first-order valence-corrected chi connectivity index (χ1v) is 5.28. The van der Waals surface area contributed by atoms with E-state index in [9.17, 15) is 9.59 Å². The van der Waals surface area contributed by atoms with Gasteiger partial charge in [0.2, 0.25) is 5.91 Å². The van der Waals surface area contributed by atoms with Gasteiger partial charge in [-0.1, -0.05) is 23.7 Å². The van der Waals surface area contributed by atoms with E-state index in [4.69, 9.17) is 16.9 Å². The molecule has 1 saturated heterocycles. The first-order valence-electron chi connectivity index (χ1n) is 4.90. The van der Waals surface area contributed by atoms with Gasteiger partial charge < -0.3 is 0 Å². The summed E-state index contributed by atoms with van der Waals surface area (Å²) in [6.45, 7) is 0.0187. The molecular weight excluding hydrogens is 242 g/mol. The number of para-hydroxylation sites is 1. The third-order valence-electron chi connectivity index (χ3n) is 2.46. The Kier molecular flexibility index (Phi) is 2.98. The molecule has 0 spiro atoms. The smallest absolute Gasteiger partial charge is 0.291 e. The molecule has 0 bridgehead atoms. The number of carbonyl (C=O) groups is 2. The van der Waals surface area contributed by atoms with Crippen molar-refractivity contribution in [3.05, 3.63) is 29.3 Å². The fraction of sp³-hybridized carbons (Fsp3) is 0.182. The highest BCUT2D eigenvalue weighted by atomic mass is 35.5. The van der Waals surface area contributed by atoms with Gasteiger partial charge in [-0.3, -0.25) is 15.0 Å². The largest absolute Gasteiger partial charge is 0.328 e. The molecule has 0 aromatic heterocycles. The molecule has 1 aliphatic heterocycles. The zero-order valence-electron chi connectivity index (χ0n) is 8.68. The topological polar surface area (TPSA) is 73.2 Å². The van der Waals surface area contributed by atoms with Crippen LogP contribution in [-0.4, -0.2) is 18.5 Å². The number of anilines is 1. The first-order chi connectivity index (χ1) is 8.13. The van der Waals surface area contributed by atoms with E-state index in [1.807, 2.05) is 6.07 Å². The molecule has 1 aromatic carbocycles. The average molecular weight is 250 g/mol. The van der Waals surface area contributed by atoms with Crippen LogP contribution in [0.3, 0.4) is 0 Å².